The number of hydrogen-bond acceptors (Lipinski definition) is 3. The first kappa shape index (κ1) is 14.5. The Labute approximate surface area is 120 Å². The molecule has 1 aromatic heterocycles. The zero-order chi connectivity index (χ0) is 14.7. The highest BCUT2D eigenvalue weighted by Gasteiger charge is 2.12. The van der Waals surface area contributed by atoms with Crippen molar-refractivity contribution in [1.29, 1.82) is 0 Å². The lowest BCUT2D eigenvalue weighted by Crippen LogP contribution is -2.18. The van der Waals surface area contributed by atoms with Gasteiger partial charge in [-0.15, -0.1) is 0 Å². The molecule has 0 saturated heterocycles. The molecule has 3 nitrogen and oxygen atoms in total. The lowest BCUT2D eigenvalue weighted by molar-refractivity contribution is 0.447. The molecule has 2 rings (SSSR count). The normalized spacial score (nSPS) is 12.2. The van der Waals surface area contributed by atoms with Crippen LogP contribution in [0.2, 0.25) is 0 Å². The second-order valence-corrected chi connectivity index (χ2v) is 5.40. The topological polar surface area (TPSA) is 48.1 Å². The number of aryl methyl sites for hydroxylation is 2. The number of nitrogens with two attached hydrogens (primary N) is 1. The average Bonchev–Trinajstić information content (AvgIpc) is 2.40. The van der Waals surface area contributed by atoms with Crippen LogP contribution in [0.3, 0.4) is 0 Å². The molecule has 0 radical (unpaired) electrons. The Hall–Kier alpha value is -1.87. The Balaban J connectivity index is 2.38. The van der Waals surface area contributed by atoms with E-state index in [-0.39, 0.29) is 6.04 Å². The van der Waals surface area contributed by atoms with E-state index < -0.39 is 0 Å². The summed E-state index contributed by atoms with van der Waals surface area (Å²) >= 11 is 0. The molecule has 2 N–H and O–H groups in total. The maximum Gasteiger partial charge on any atom is 0.222 e. The molecule has 3 heteroatoms. The third kappa shape index (κ3) is 3.17. The van der Waals surface area contributed by atoms with Crippen LogP contribution in [0.1, 0.15) is 29.2 Å². The molecule has 1 atom stereocenters. The van der Waals surface area contributed by atoms with Gasteiger partial charge in [0.2, 0.25) is 5.88 Å². The van der Waals surface area contributed by atoms with Crippen LogP contribution in [0, 0.1) is 20.8 Å². The molecule has 0 amide bonds. The van der Waals surface area contributed by atoms with Gasteiger partial charge in [0.25, 0.3) is 0 Å². The zero-order valence-electron chi connectivity index (χ0n) is 12.6. The van der Waals surface area contributed by atoms with E-state index in [1.165, 1.54) is 5.56 Å². The summed E-state index contributed by atoms with van der Waals surface area (Å²) in [5, 5.41) is 0. The molecule has 0 fully saturated rings. The summed E-state index contributed by atoms with van der Waals surface area (Å²) in [6, 6.07) is 8.21. The van der Waals surface area contributed by atoms with Crippen LogP contribution in [0.4, 0.5) is 0 Å². The van der Waals surface area contributed by atoms with Gasteiger partial charge in [0.15, 0.2) is 0 Å². The monoisotopic (exact) mass is 270 g/mol. The minimum Gasteiger partial charge on any atom is -0.438 e. The summed E-state index contributed by atoms with van der Waals surface area (Å²) in [5.74, 6) is 1.55. The Bertz CT molecular complexity index is 606. The third-order valence-corrected chi connectivity index (χ3v) is 3.46. The van der Waals surface area contributed by atoms with E-state index in [2.05, 4.69) is 37.9 Å². The summed E-state index contributed by atoms with van der Waals surface area (Å²) in [5.41, 5.74) is 10.4. The summed E-state index contributed by atoms with van der Waals surface area (Å²) in [4.78, 5) is 4.36. The number of benzene rings is 1. The second-order valence-electron chi connectivity index (χ2n) is 5.40. The summed E-state index contributed by atoms with van der Waals surface area (Å²) in [7, 11) is 0. The predicted molar refractivity (Wildman–Crippen MR) is 82.3 cm³/mol. The van der Waals surface area contributed by atoms with Gasteiger partial charge in [-0.3, -0.25) is 0 Å². The molecule has 0 aliphatic rings. The lowest BCUT2D eigenvalue weighted by Gasteiger charge is -2.16. The summed E-state index contributed by atoms with van der Waals surface area (Å²) in [6.07, 6.45) is 2.51. The first-order valence-electron chi connectivity index (χ1n) is 6.93. The van der Waals surface area contributed by atoms with Gasteiger partial charge in [0.05, 0.1) is 0 Å². The smallest absolute Gasteiger partial charge is 0.222 e. The number of pyridine rings is 1. The molecular weight excluding hydrogens is 248 g/mol. The fraction of sp³-hybridized carbons (Fsp3) is 0.353. The standard InChI is InChI=1S/C17H22N2O/c1-11-7-8-12(2)16(14(11)4)20-17-15(10-13(3)18)6-5-9-19-17/h5-9,13H,10,18H2,1-4H3. The Morgan fingerprint density at radius 1 is 1.15 bits per heavy atom. The molecular formula is C17H22N2O. The fourth-order valence-electron chi connectivity index (χ4n) is 2.20. The van der Waals surface area contributed by atoms with Crippen LogP contribution in [-0.4, -0.2) is 11.0 Å². The van der Waals surface area contributed by atoms with E-state index in [0.29, 0.717) is 5.88 Å². The molecule has 106 valence electrons. The number of aromatic nitrogens is 1. The van der Waals surface area contributed by atoms with Crippen LogP contribution in [0.15, 0.2) is 30.5 Å². The molecule has 0 aliphatic carbocycles. The molecule has 1 unspecified atom stereocenters. The largest absolute Gasteiger partial charge is 0.438 e. The van der Waals surface area contributed by atoms with E-state index in [4.69, 9.17) is 10.5 Å². The van der Waals surface area contributed by atoms with Crippen molar-refractivity contribution in [2.24, 2.45) is 5.73 Å². The van der Waals surface area contributed by atoms with Crippen LogP contribution >= 0.6 is 0 Å². The van der Waals surface area contributed by atoms with Crippen molar-refractivity contribution >= 4 is 0 Å². The predicted octanol–water partition coefficient (Wildman–Crippen LogP) is 3.69. The van der Waals surface area contributed by atoms with Gasteiger partial charge in [-0.25, -0.2) is 4.98 Å². The van der Waals surface area contributed by atoms with E-state index in [9.17, 15) is 0 Å². The van der Waals surface area contributed by atoms with Crippen molar-refractivity contribution < 1.29 is 4.74 Å². The van der Waals surface area contributed by atoms with Gasteiger partial charge in [-0.2, -0.15) is 0 Å². The van der Waals surface area contributed by atoms with Crippen molar-refractivity contribution in [1.82, 2.24) is 4.98 Å². The zero-order valence-corrected chi connectivity index (χ0v) is 12.6. The van der Waals surface area contributed by atoms with Crippen LogP contribution in [0.25, 0.3) is 0 Å². The van der Waals surface area contributed by atoms with Gasteiger partial charge >= 0.3 is 0 Å². The lowest BCUT2D eigenvalue weighted by atomic mass is 10.1. The van der Waals surface area contributed by atoms with Gasteiger partial charge in [0, 0.05) is 17.8 Å². The number of rotatable bonds is 4. The molecule has 1 aromatic carbocycles. The minimum absolute atomic E-state index is 0.0845. The molecule has 0 bridgehead atoms. The first-order chi connectivity index (χ1) is 9.49. The van der Waals surface area contributed by atoms with Crippen molar-refractivity contribution in [2.45, 2.75) is 40.2 Å². The third-order valence-electron chi connectivity index (χ3n) is 3.46. The van der Waals surface area contributed by atoms with E-state index in [1.54, 1.807) is 6.20 Å². The molecule has 20 heavy (non-hydrogen) atoms. The SMILES string of the molecule is Cc1ccc(C)c(Oc2ncccc2CC(C)N)c1C. The van der Waals surface area contributed by atoms with E-state index >= 15 is 0 Å². The highest BCUT2D eigenvalue weighted by molar-refractivity contribution is 5.47. The maximum absolute atomic E-state index is 6.09. The van der Waals surface area contributed by atoms with Crippen LogP contribution in [-0.2, 0) is 6.42 Å². The Kier molecular flexibility index (Phi) is 4.40. The molecule has 0 saturated carbocycles. The van der Waals surface area contributed by atoms with Crippen molar-refractivity contribution in [3.05, 3.63) is 52.7 Å². The molecule has 0 aliphatic heterocycles. The van der Waals surface area contributed by atoms with Gasteiger partial charge in [-0.05, 0) is 56.9 Å². The van der Waals surface area contributed by atoms with Crippen molar-refractivity contribution in [3.8, 4) is 11.6 Å². The van der Waals surface area contributed by atoms with Crippen LogP contribution < -0.4 is 10.5 Å². The van der Waals surface area contributed by atoms with Crippen LogP contribution in [0.5, 0.6) is 11.6 Å². The summed E-state index contributed by atoms with van der Waals surface area (Å²) in [6.45, 7) is 8.20. The summed E-state index contributed by atoms with van der Waals surface area (Å²) < 4.78 is 6.09. The quantitative estimate of drug-likeness (QED) is 0.921. The fourth-order valence-corrected chi connectivity index (χ4v) is 2.20. The molecule has 1 heterocycles. The van der Waals surface area contributed by atoms with Crippen molar-refractivity contribution in [3.63, 3.8) is 0 Å². The van der Waals surface area contributed by atoms with E-state index in [1.807, 2.05) is 19.1 Å². The van der Waals surface area contributed by atoms with E-state index in [0.717, 1.165) is 28.9 Å². The van der Waals surface area contributed by atoms with Gasteiger partial charge < -0.3 is 10.5 Å². The average molecular weight is 270 g/mol. The molecule has 0 spiro atoms. The first-order valence-corrected chi connectivity index (χ1v) is 6.93. The minimum atomic E-state index is 0.0845. The Morgan fingerprint density at radius 2 is 1.85 bits per heavy atom. The Morgan fingerprint density at radius 3 is 2.55 bits per heavy atom. The highest BCUT2D eigenvalue weighted by atomic mass is 16.5. The second kappa shape index (κ2) is 6.06. The maximum atomic E-state index is 6.09. The number of nitrogens with zero attached hydrogens (tertiary/aromatic N) is 1. The number of hydrogen-bond donors (Lipinski definition) is 1. The molecule has 2 aromatic rings. The van der Waals surface area contributed by atoms with Crippen molar-refractivity contribution in [2.75, 3.05) is 0 Å². The van der Waals surface area contributed by atoms with Gasteiger partial charge in [-0.1, -0.05) is 18.2 Å². The van der Waals surface area contributed by atoms with Gasteiger partial charge in [0.1, 0.15) is 5.75 Å². The highest BCUT2D eigenvalue weighted by Crippen LogP contribution is 2.31. The number of ether oxygens (including phenoxy) is 1.